The van der Waals surface area contributed by atoms with Crippen molar-refractivity contribution in [2.24, 2.45) is 0 Å². The van der Waals surface area contributed by atoms with Gasteiger partial charge in [-0.2, -0.15) is 0 Å². The lowest BCUT2D eigenvalue weighted by Crippen LogP contribution is -2.49. The summed E-state index contributed by atoms with van der Waals surface area (Å²) in [4.78, 5) is 25.4. The molecule has 9 heteroatoms. The Balaban J connectivity index is 1.86. The van der Waals surface area contributed by atoms with E-state index in [4.69, 9.17) is 4.74 Å². The van der Waals surface area contributed by atoms with Crippen LogP contribution in [0.25, 0.3) is 0 Å². The molecule has 0 bridgehead atoms. The summed E-state index contributed by atoms with van der Waals surface area (Å²) in [5, 5.41) is 5.50. The van der Waals surface area contributed by atoms with E-state index in [1.807, 2.05) is 13.8 Å². The Kier molecular flexibility index (Phi) is 6.31. The minimum absolute atomic E-state index is 0.0627. The molecule has 0 radical (unpaired) electrons. The van der Waals surface area contributed by atoms with E-state index >= 15 is 0 Å². The third kappa shape index (κ3) is 4.56. The van der Waals surface area contributed by atoms with Crippen molar-refractivity contribution in [3.63, 3.8) is 0 Å². The SMILES string of the molecule is CCS(=O)(=O)N1CC(C(=O)Nc2ccccc2C(=O)NC(C)C)Oc2ccccc21. The molecular formula is C21H25N3O5S. The van der Waals surface area contributed by atoms with E-state index in [9.17, 15) is 18.0 Å². The maximum atomic E-state index is 12.9. The predicted octanol–water partition coefficient (Wildman–Crippen LogP) is 2.38. The van der Waals surface area contributed by atoms with Crippen LogP contribution in [0.5, 0.6) is 5.75 Å². The van der Waals surface area contributed by atoms with Crippen LogP contribution in [0.15, 0.2) is 48.5 Å². The van der Waals surface area contributed by atoms with Gasteiger partial charge in [-0.3, -0.25) is 13.9 Å². The van der Waals surface area contributed by atoms with Gasteiger partial charge in [0.2, 0.25) is 10.0 Å². The highest BCUT2D eigenvalue weighted by Crippen LogP contribution is 2.35. The fourth-order valence-electron chi connectivity index (χ4n) is 3.10. The summed E-state index contributed by atoms with van der Waals surface area (Å²) < 4.78 is 32.1. The van der Waals surface area contributed by atoms with Gasteiger partial charge in [-0.15, -0.1) is 0 Å². The second-order valence-corrected chi connectivity index (χ2v) is 9.35. The zero-order chi connectivity index (χ0) is 21.9. The van der Waals surface area contributed by atoms with Crippen molar-refractivity contribution in [2.45, 2.75) is 32.9 Å². The van der Waals surface area contributed by atoms with Crippen LogP contribution in [0.4, 0.5) is 11.4 Å². The van der Waals surface area contributed by atoms with Crippen LogP contribution in [0.3, 0.4) is 0 Å². The molecular weight excluding hydrogens is 406 g/mol. The maximum Gasteiger partial charge on any atom is 0.267 e. The topological polar surface area (TPSA) is 105 Å². The highest BCUT2D eigenvalue weighted by molar-refractivity contribution is 7.92. The van der Waals surface area contributed by atoms with Crippen molar-refractivity contribution in [3.8, 4) is 5.75 Å². The fraction of sp³-hybridized carbons (Fsp3) is 0.333. The lowest BCUT2D eigenvalue weighted by Gasteiger charge is -2.34. The molecule has 2 N–H and O–H groups in total. The number of ether oxygens (including phenoxy) is 1. The summed E-state index contributed by atoms with van der Waals surface area (Å²) in [5.74, 6) is -0.642. The minimum Gasteiger partial charge on any atom is -0.476 e. The van der Waals surface area contributed by atoms with Crippen molar-refractivity contribution >= 4 is 33.2 Å². The number of nitrogens with zero attached hydrogens (tertiary/aromatic N) is 1. The average molecular weight is 432 g/mol. The predicted molar refractivity (Wildman–Crippen MR) is 115 cm³/mol. The minimum atomic E-state index is -3.60. The summed E-state index contributed by atoms with van der Waals surface area (Å²) in [6.07, 6.45) is -1.07. The molecule has 2 amide bonds. The Bertz CT molecular complexity index is 1050. The van der Waals surface area contributed by atoms with Crippen LogP contribution in [-0.2, 0) is 14.8 Å². The van der Waals surface area contributed by atoms with E-state index < -0.39 is 22.0 Å². The first kappa shape index (κ1) is 21.6. The molecule has 2 aromatic carbocycles. The number of nitrogens with one attached hydrogen (secondary N) is 2. The van der Waals surface area contributed by atoms with E-state index in [1.165, 1.54) is 4.31 Å². The van der Waals surface area contributed by atoms with Crippen molar-refractivity contribution in [1.29, 1.82) is 0 Å². The number of anilines is 2. The first-order chi connectivity index (χ1) is 14.2. The van der Waals surface area contributed by atoms with Gasteiger partial charge in [0.1, 0.15) is 5.75 Å². The van der Waals surface area contributed by atoms with Crippen LogP contribution in [0, 0.1) is 0 Å². The number of sulfonamides is 1. The van der Waals surface area contributed by atoms with E-state index in [0.29, 0.717) is 22.7 Å². The molecule has 0 spiro atoms. The van der Waals surface area contributed by atoms with Gasteiger partial charge in [-0.05, 0) is 45.0 Å². The quantitative estimate of drug-likeness (QED) is 0.731. The lowest BCUT2D eigenvalue weighted by molar-refractivity contribution is -0.122. The third-order valence-electron chi connectivity index (χ3n) is 4.58. The Hall–Kier alpha value is -3.07. The monoisotopic (exact) mass is 431 g/mol. The lowest BCUT2D eigenvalue weighted by atomic mass is 10.1. The van der Waals surface area contributed by atoms with Crippen molar-refractivity contribution in [1.82, 2.24) is 5.32 Å². The summed E-state index contributed by atoms with van der Waals surface area (Å²) in [6, 6.07) is 13.3. The molecule has 0 saturated carbocycles. The first-order valence-corrected chi connectivity index (χ1v) is 11.3. The molecule has 1 heterocycles. The zero-order valence-electron chi connectivity index (χ0n) is 17.1. The molecule has 1 aliphatic rings. The summed E-state index contributed by atoms with van der Waals surface area (Å²) in [6.45, 7) is 5.08. The van der Waals surface area contributed by atoms with Gasteiger partial charge in [0.05, 0.1) is 29.2 Å². The fourth-order valence-corrected chi connectivity index (χ4v) is 4.23. The largest absolute Gasteiger partial charge is 0.476 e. The number of fused-ring (bicyclic) bond motifs is 1. The number of para-hydroxylation sites is 3. The smallest absolute Gasteiger partial charge is 0.267 e. The standard InChI is InChI=1S/C21H25N3O5S/c1-4-30(27,28)24-13-19(29-18-12-8-7-11-17(18)24)21(26)23-16-10-6-5-9-15(16)20(25)22-14(2)3/h5-12,14,19H,4,13H2,1-3H3,(H,22,25)(H,23,26). The molecule has 1 unspecified atom stereocenters. The van der Waals surface area contributed by atoms with E-state index in [-0.39, 0.29) is 24.2 Å². The van der Waals surface area contributed by atoms with Crippen LogP contribution in [0.2, 0.25) is 0 Å². The van der Waals surface area contributed by atoms with Gasteiger partial charge in [0, 0.05) is 6.04 Å². The molecule has 0 aromatic heterocycles. The van der Waals surface area contributed by atoms with E-state index in [0.717, 1.165) is 0 Å². The molecule has 160 valence electrons. The Morgan fingerprint density at radius 2 is 1.80 bits per heavy atom. The van der Waals surface area contributed by atoms with Gasteiger partial charge in [-0.25, -0.2) is 8.42 Å². The second kappa shape index (κ2) is 8.74. The van der Waals surface area contributed by atoms with Crippen LogP contribution >= 0.6 is 0 Å². The molecule has 30 heavy (non-hydrogen) atoms. The molecule has 2 aromatic rings. The third-order valence-corrected chi connectivity index (χ3v) is 6.32. The van der Waals surface area contributed by atoms with Crippen LogP contribution in [0.1, 0.15) is 31.1 Å². The van der Waals surface area contributed by atoms with Gasteiger partial charge in [-0.1, -0.05) is 24.3 Å². The summed E-state index contributed by atoms with van der Waals surface area (Å²) >= 11 is 0. The van der Waals surface area contributed by atoms with Gasteiger partial charge >= 0.3 is 0 Å². The van der Waals surface area contributed by atoms with Gasteiger partial charge < -0.3 is 15.4 Å². The van der Waals surface area contributed by atoms with Gasteiger partial charge in [0.15, 0.2) is 6.10 Å². The number of carbonyl (C=O) groups is 2. The Morgan fingerprint density at radius 1 is 1.13 bits per heavy atom. The molecule has 3 rings (SSSR count). The van der Waals surface area contributed by atoms with Crippen molar-refractivity contribution in [2.75, 3.05) is 21.9 Å². The second-order valence-electron chi connectivity index (χ2n) is 7.17. The Morgan fingerprint density at radius 3 is 2.50 bits per heavy atom. The molecule has 8 nitrogen and oxygen atoms in total. The van der Waals surface area contributed by atoms with Gasteiger partial charge in [0.25, 0.3) is 11.8 Å². The highest BCUT2D eigenvalue weighted by atomic mass is 32.2. The average Bonchev–Trinajstić information content (AvgIpc) is 2.72. The normalized spacial score (nSPS) is 15.9. The molecule has 0 aliphatic carbocycles. The van der Waals surface area contributed by atoms with Crippen molar-refractivity contribution < 1.29 is 22.7 Å². The molecule has 0 fully saturated rings. The molecule has 0 saturated heterocycles. The maximum absolute atomic E-state index is 12.9. The summed E-state index contributed by atoms with van der Waals surface area (Å²) in [7, 11) is -3.60. The highest BCUT2D eigenvalue weighted by Gasteiger charge is 2.36. The van der Waals surface area contributed by atoms with Crippen LogP contribution in [-0.4, -0.2) is 44.7 Å². The van der Waals surface area contributed by atoms with E-state index in [2.05, 4.69) is 10.6 Å². The molecule has 1 aliphatic heterocycles. The summed E-state index contributed by atoms with van der Waals surface area (Å²) in [5.41, 5.74) is 1.04. The first-order valence-electron chi connectivity index (χ1n) is 9.69. The number of benzene rings is 2. The number of hydrogen-bond acceptors (Lipinski definition) is 5. The molecule has 1 atom stereocenters. The zero-order valence-corrected chi connectivity index (χ0v) is 17.9. The number of carbonyl (C=O) groups excluding carboxylic acids is 2. The van der Waals surface area contributed by atoms with Crippen LogP contribution < -0.4 is 19.7 Å². The number of rotatable bonds is 6. The Labute approximate surface area is 176 Å². The van der Waals surface area contributed by atoms with Crippen molar-refractivity contribution in [3.05, 3.63) is 54.1 Å². The van der Waals surface area contributed by atoms with E-state index in [1.54, 1.807) is 55.5 Å². The number of hydrogen-bond donors (Lipinski definition) is 2. The number of amides is 2.